The maximum absolute atomic E-state index is 15.4. The number of nitrogens with two attached hydrogens (primary N) is 1. The zero-order chi connectivity index (χ0) is 28.0. The first-order valence-corrected chi connectivity index (χ1v) is 15.6. The van der Waals surface area contributed by atoms with Crippen molar-refractivity contribution in [3.8, 4) is 40.0 Å². The van der Waals surface area contributed by atoms with E-state index in [0.29, 0.717) is 18.1 Å². The van der Waals surface area contributed by atoms with Crippen LogP contribution in [0.5, 0.6) is 5.75 Å². The third kappa shape index (κ3) is 4.79. The number of rotatable bonds is 3. The van der Waals surface area contributed by atoms with Crippen LogP contribution in [-0.4, -0.2) is 26.7 Å². The van der Waals surface area contributed by atoms with Crippen molar-refractivity contribution in [1.29, 1.82) is 0 Å². The number of benzene rings is 1. The van der Waals surface area contributed by atoms with E-state index in [1.54, 1.807) is 12.3 Å². The number of halogens is 2. The lowest BCUT2D eigenvalue weighted by molar-refractivity contribution is 0.273. The molecule has 2 N–H and O–H groups in total. The first kappa shape index (κ1) is 27.2. The fourth-order valence-electron chi connectivity index (χ4n) is 6.30. The zero-order valence-electron chi connectivity index (χ0n) is 23.3. The molecule has 2 aliphatic rings. The zero-order valence-corrected chi connectivity index (χ0v) is 25.5. The van der Waals surface area contributed by atoms with Crippen LogP contribution in [0.2, 0.25) is 0 Å². The number of alkyl halides is 1. The summed E-state index contributed by atoms with van der Waals surface area (Å²) in [5, 5.41) is 1.02. The van der Waals surface area contributed by atoms with Gasteiger partial charge >= 0.3 is 0 Å². The summed E-state index contributed by atoms with van der Waals surface area (Å²) in [6, 6.07) is 7.87. The largest absolute Gasteiger partial charge is 0.490 e. The highest BCUT2D eigenvalue weighted by atomic mass is 127. The van der Waals surface area contributed by atoms with Gasteiger partial charge in [0, 0.05) is 39.9 Å². The Morgan fingerprint density at radius 1 is 1.15 bits per heavy atom. The van der Waals surface area contributed by atoms with Crippen molar-refractivity contribution >= 4 is 33.6 Å². The summed E-state index contributed by atoms with van der Waals surface area (Å²) >= 11 is 2.39. The van der Waals surface area contributed by atoms with Gasteiger partial charge in [0.1, 0.15) is 11.3 Å². The Balaban J connectivity index is 1.51. The van der Waals surface area contributed by atoms with Crippen molar-refractivity contribution in [3.05, 3.63) is 64.4 Å². The summed E-state index contributed by atoms with van der Waals surface area (Å²) in [5.74, 6) is 6.71. The minimum Gasteiger partial charge on any atom is -0.490 e. The number of nitrogens with zero attached hydrogens (tertiary/aromatic N) is 3. The molecule has 1 aliphatic carbocycles. The van der Waals surface area contributed by atoms with Gasteiger partial charge in [0.15, 0.2) is 11.6 Å². The highest BCUT2D eigenvalue weighted by Crippen LogP contribution is 2.43. The van der Waals surface area contributed by atoms with Crippen LogP contribution in [0.25, 0.3) is 33.4 Å². The fourth-order valence-corrected chi connectivity index (χ4v) is 7.24. The summed E-state index contributed by atoms with van der Waals surface area (Å²) in [6.07, 6.45) is 8.88. The molecule has 206 valence electrons. The molecule has 0 saturated heterocycles. The maximum Gasteiger partial charge on any atom is 0.165 e. The Bertz CT molecular complexity index is 1690. The molecular formula is C33H34FIN4O. The molecule has 40 heavy (non-hydrogen) atoms. The van der Waals surface area contributed by atoms with Crippen LogP contribution in [0.1, 0.15) is 66.6 Å². The van der Waals surface area contributed by atoms with Gasteiger partial charge < -0.3 is 15.0 Å². The fraction of sp³-hybridized carbons (Fsp3) is 0.394. The smallest absolute Gasteiger partial charge is 0.165 e. The first-order valence-electron chi connectivity index (χ1n) is 14.1. The van der Waals surface area contributed by atoms with Crippen LogP contribution in [0.3, 0.4) is 0 Å². The van der Waals surface area contributed by atoms with Gasteiger partial charge in [-0.25, -0.2) is 14.4 Å². The van der Waals surface area contributed by atoms with Crippen LogP contribution in [0.4, 0.5) is 4.39 Å². The summed E-state index contributed by atoms with van der Waals surface area (Å²) in [6.45, 7) is 4.70. The summed E-state index contributed by atoms with van der Waals surface area (Å²) in [5.41, 5.74) is 15.9. The van der Waals surface area contributed by atoms with E-state index in [0.717, 1.165) is 98.8 Å². The first-order chi connectivity index (χ1) is 19.3. The van der Waals surface area contributed by atoms with Crippen LogP contribution in [-0.2, 0) is 17.9 Å². The van der Waals surface area contributed by atoms with Gasteiger partial charge in [-0.15, -0.1) is 0 Å². The quantitative estimate of drug-likeness (QED) is 0.144. The van der Waals surface area contributed by atoms with Crippen molar-refractivity contribution in [2.45, 2.75) is 68.8 Å². The van der Waals surface area contributed by atoms with E-state index in [2.05, 4.69) is 57.0 Å². The van der Waals surface area contributed by atoms with E-state index in [1.807, 2.05) is 26.1 Å². The maximum atomic E-state index is 15.4. The molecule has 1 aliphatic heterocycles. The molecule has 0 radical (unpaired) electrons. The summed E-state index contributed by atoms with van der Waals surface area (Å²) in [7, 11) is 2.04. The Kier molecular flexibility index (Phi) is 7.34. The minimum absolute atomic E-state index is 0.290. The Morgan fingerprint density at radius 2 is 1.95 bits per heavy atom. The number of ether oxygens (including phenoxy) is 1. The van der Waals surface area contributed by atoms with E-state index in [9.17, 15) is 0 Å². The number of aryl methyl sites for hydroxylation is 2. The SMILES string of the molecule is Cc1nc2c(cc(-c3ccnc(C#CC4(N)CCCCC4)c3)n2C)c(-c2cc(F)c3c(c2C)CCCO3)c1CI. The van der Waals surface area contributed by atoms with Gasteiger partial charge in [0.2, 0.25) is 0 Å². The number of fused-ring (bicyclic) bond motifs is 2. The van der Waals surface area contributed by atoms with E-state index in [4.69, 9.17) is 15.5 Å². The number of hydrogen-bond acceptors (Lipinski definition) is 4. The molecule has 1 fully saturated rings. The van der Waals surface area contributed by atoms with Gasteiger partial charge in [0.05, 0.1) is 17.8 Å². The van der Waals surface area contributed by atoms with E-state index >= 15 is 4.39 Å². The second kappa shape index (κ2) is 10.8. The Morgan fingerprint density at radius 3 is 2.73 bits per heavy atom. The van der Waals surface area contributed by atoms with E-state index < -0.39 is 5.54 Å². The molecule has 0 atom stereocenters. The van der Waals surface area contributed by atoms with Crippen LogP contribution >= 0.6 is 22.6 Å². The molecule has 7 heteroatoms. The molecule has 4 aromatic rings. The van der Waals surface area contributed by atoms with Crippen molar-refractivity contribution in [2.24, 2.45) is 12.8 Å². The van der Waals surface area contributed by atoms with Crippen LogP contribution < -0.4 is 10.5 Å². The number of pyridine rings is 2. The Hall–Kier alpha value is -2.96. The van der Waals surface area contributed by atoms with Crippen LogP contribution in [0.15, 0.2) is 30.5 Å². The summed E-state index contributed by atoms with van der Waals surface area (Å²) in [4.78, 5) is 9.55. The number of hydrogen-bond donors (Lipinski definition) is 1. The molecule has 4 heterocycles. The number of aromatic nitrogens is 3. The topological polar surface area (TPSA) is 66.0 Å². The molecule has 5 nitrogen and oxygen atoms in total. The molecule has 0 bridgehead atoms. The second-order valence-electron chi connectivity index (χ2n) is 11.2. The molecule has 1 saturated carbocycles. The minimum atomic E-state index is -0.422. The predicted octanol–water partition coefficient (Wildman–Crippen LogP) is 7.33. The van der Waals surface area contributed by atoms with Gasteiger partial charge in [-0.2, -0.15) is 0 Å². The lowest BCUT2D eigenvalue weighted by Crippen LogP contribution is -2.40. The van der Waals surface area contributed by atoms with Gasteiger partial charge in [0.25, 0.3) is 0 Å². The monoisotopic (exact) mass is 648 g/mol. The van der Waals surface area contributed by atoms with Gasteiger partial charge in [-0.05, 0) is 92.0 Å². The average Bonchev–Trinajstić information content (AvgIpc) is 3.29. The second-order valence-corrected chi connectivity index (χ2v) is 12.0. The average molecular weight is 649 g/mol. The predicted molar refractivity (Wildman–Crippen MR) is 167 cm³/mol. The van der Waals surface area contributed by atoms with Crippen LogP contribution in [0, 0.1) is 31.5 Å². The molecule has 1 aromatic carbocycles. The highest BCUT2D eigenvalue weighted by Gasteiger charge is 2.26. The van der Waals surface area contributed by atoms with E-state index in [-0.39, 0.29) is 5.82 Å². The summed E-state index contributed by atoms with van der Waals surface area (Å²) < 4.78 is 24.0. The van der Waals surface area contributed by atoms with Gasteiger partial charge in [-0.3, -0.25) is 0 Å². The third-order valence-electron chi connectivity index (χ3n) is 8.56. The van der Waals surface area contributed by atoms with Crippen molar-refractivity contribution in [3.63, 3.8) is 0 Å². The normalized spacial score (nSPS) is 16.2. The lowest BCUT2D eigenvalue weighted by Gasteiger charge is -2.27. The molecule has 0 spiro atoms. The Labute approximate surface area is 248 Å². The molecule has 0 unspecified atom stereocenters. The third-order valence-corrected chi connectivity index (χ3v) is 9.33. The molecule has 6 rings (SSSR count). The van der Waals surface area contributed by atoms with E-state index in [1.165, 1.54) is 6.42 Å². The van der Waals surface area contributed by atoms with Crippen molar-refractivity contribution in [1.82, 2.24) is 14.5 Å². The molecule has 0 amide bonds. The molecular weight excluding hydrogens is 614 g/mol. The lowest BCUT2D eigenvalue weighted by atomic mass is 9.83. The van der Waals surface area contributed by atoms with Gasteiger partial charge in [-0.1, -0.05) is 47.8 Å². The standard InChI is InChI=1S/C33H34FIN4O/c1-20-24-8-7-15-40-31(24)28(34)17-25(20)30-26-18-29(39(3)32(26)38-21(2)27(30)19-35)22-10-14-37-23(16-22)9-13-33(36)11-5-4-6-12-33/h10,14,16-18H,4-8,11-12,15,19,36H2,1-3H3. The van der Waals surface area contributed by atoms with Crippen molar-refractivity contribution in [2.75, 3.05) is 6.61 Å². The van der Waals surface area contributed by atoms with Crippen molar-refractivity contribution < 1.29 is 9.13 Å². The molecule has 3 aromatic heterocycles. The highest BCUT2D eigenvalue weighted by molar-refractivity contribution is 14.1.